The Morgan fingerprint density at radius 1 is 0.840 bits per heavy atom. The molecule has 0 aliphatic rings. The Morgan fingerprint density at radius 2 is 1.40 bits per heavy atom. The number of rotatable bonds is 4. The van der Waals surface area contributed by atoms with Crippen molar-refractivity contribution >= 4 is 5.69 Å². The minimum atomic E-state index is -6.02. The third-order valence-corrected chi connectivity index (χ3v) is 3.85. The van der Waals surface area contributed by atoms with Crippen LogP contribution < -0.4 is 4.90 Å². The van der Waals surface area contributed by atoms with E-state index < -0.39 is 34.6 Å². The molecule has 2 nitrogen and oxygen atoms in total. The highest BCUT2D eigenvalue weighted by atomic mass is 19.4. The average molecular weight is 363 g/mol. The van der Waals surface area contributed by atoms with E-state index in [-0.39, 0.29) is 0 Å². The van der Waals surface area contributed by atoms with Crippen molar-refractivity contribution in [3.8, 4) is 0 Å². The molecule has 136 valence electrons. The van der Waals surface area contributed by atoms with Crippen LogP contribution in [0.25, 0.3) is 0 Å². The highest BCUT2D eigenvalue weighted by Gasteiger charge is 2.71. The van der Waals surface area contributed by atoms with E-state index in [2.05, 4.69) is 0 Å². The molecule has 0 spiro atoms. The number of aliphatic hydroxyl groups is 1. The van der Waals surface area contributed by atoms with Crippen LogP contribution in [0.4, 0.5) is 32.0 Å². The van der Waals surface area contributed by atoms with Crippen LogP contribution >= 0.6 is 0 Å². The Balaban J connectivity index is 2.77. The van der Waals surface area contributed by atoms with E-state index in [1.807, 2.05) is 0 Å². The number of hydrogen-bond donors (Lipinski definition) is 1. The molecule has 0 aromatic heterocycles. The third kappa shape index (κ3) is 3.18. The van der Waals surface area contributed by atoms with Gasteiger partial charge in [-0.3, -0.25) is 0 Å². The van der Waals surface area contributed by atoms with Crippen molar-refractivity contribution < 1.29 is 31.4 Å². The quantitative estimate of drug-likeness (QED) is 0.818. The summed E-state index contributed by atoms with van der Waals surface area (Å²) in [6.45, 7) is 0. The predicted molar refractivity (Wildman–Crippen MR) is 81.2 cm³/mol. The van der Waals surface area contributed by atoms with Gasteiger partial charge < -0.3 is 10.0 Å². The second kappa shape index (κ2) is 6.25. The van der Waals surface area contributed by atoms with E-state index in [1.165, 1.54) is 17.0 Å². The molecule has 0 heterocycles. The molecule has 0 aliphatic heterocycles. The van der Waals surface area contributed by atoms with Crippen LogP contribution in [0, 0.1) is 5.82 Å². The standard InChI is InChI=1S/C17H15F6NO/c1-24(2)14-5-3-4-12(10-14)15(25,16(19,20)17(21,22)23)11-6-8-13(18)9-7-11/h3-10,25H,1-2H3. The maximum atomic E-state index is 14.3. The molecule has 8 heteroatoms. The molecule has 0 amide bonds. The van der Waals surface area contributed by atoms with Crippen LogP contribution in [0.15, 0.2) is 48.5 Å². The summed E-state index contributed by atoms with van der Waals surface area (Å²) in [5.74, 6) is -6.34. The molecule has 1 N–H and O–H groups in total. The second-order valence-electron chi connectivity index (χ2n) is 5.73. The van der Waals surface area contributed by atoms with E-state index in [0.717, 1.165) is 12.1 Å². The highest BCUT2D eigenvalue weighted by Crippen LogP contribution is 2.52. The Labute approximate surface area is 140 Å². The largest absolute Gasteiger partial charge is 0.457 e. The van der Waals surface area contributed by atoms with Crippen LogP contribution in [-0.4, -0.2) is 31.3 Å². The molecular formula is C17H15F6NO. The molecular weight excluding hydrogens is 348 g/mol. The smallest absolute Gasteiger partial charge is 0.378 e. The number of anilines is 1. The van der Waals surface area contributed by atoms with Crippen molar-refractivity contribution in [1.82, 2.24) is 0 Å². The summed E-state index contributed by atoms with van der Waals surface area (Å²) in [6, 6.07) is 7.57. The van der Waals surface area contributed by atoms with Crippen LogP contribution in [0.1, 0.15) is 11.1 Å². The van der Waals surface area contributed by atoms with Gasteiger partial charge in [0.15, 0.2) is 5.60 Å². The highest BCUT2D eigenvalue weighted by molar-refractivity contribution is 5.51. The van der Waals surface area contributed by atoms with Gasteiger partial charge >= 0.3 is 12.1 Å². The van der Waals surface area contributed by atoms with Crippen LogP contribution in [0.3, 0.4) is 0 Å². The Bertz CT molecular complexity index is 742. The Kier molecular flexibility index (Phi) is 4.78. The molecule has 0 saturated heterocycles. The molecule has 0 aliphatic carbocycles. The summed E-state index contributed by atoms with van der Waals surface area (Å²) >= 11 is 0. The summed E-state index contributed by atoms with van der Waals surface area (Å²) in [6.07, 6.45) is -6.02. The Morgan fingerprint density at radius 3 is 1.88 bits per heavy atom. The van der Waals surface area contributed by atoms with Gasteiger partial charge in [0, 0.05) is 19.8 Å². The first-order valence-corrected chi connectivity index (χ1v) is 7.12. The lowest BCUT2D eigenvalue weighted by atomic mass is 9.80. The van der Waals surface area contributed by atoms with Gasteiger partial charge in [-0.05, 0) is 35.4 Å². The fraction of sp³-hybridized carbons (Fsp3) is 0.294. The van der Waals surface area contributed by atoms with E-state index in [1.54, 1.807) is 14.1 Å². The summed E-state index contributed by atoms with van der Waals surface area (Å²) in [5.41, 5.74) is -4.83. The van der Waals surface area contributed by atoms with Gasteiger partial charge in [-0.25, -0.2) is 4.39 Å². The van der Waals surface area contributed by atoms with E-state index in [0.29, 0.717) is 30.0 Å². The van der Waals surface area contributed by atoms with Crippen LogP contribution in [0.2, 0.25) is 0 Å². The van der Waals surface area contributed by atoms with Gasteiger partial charge in [0.05, 0.1) is 0 Å². The number of nitrogens with zero attached hydrogens (tertiary/aromatic N) is 1. The molecule has 1 atom stereocenters. The normalized spacial score (nSPS) is 14.9. The lowest BCUT2D eigenvalue weighted by molar-refractivity contribution is -0.336. The predicted octanol–water partition coefficient (Wildman–Crippen LogP) is 4.33. The first kappa shape index (κ1) is 19.1. The second-order valence-corrected chi connectivity index (χ2v) is 5.73. The van der Waals surface area contributed by atoms with Crippen molar-refractivity contribution in [2.75, 3.05) is 19.0 Å². The fourth-order valence-electron chi connectivity index (χ4n) is 2.43. The molecule has 0 radical (unpaired) electrons. The van der Waals surface area contributed by atoms with Gasteiger partial charge in [0.25, 0.3) is 0 Å². The van der Waals surface area contributed by atoms with Crippen molar-refractivity contribution in [2.45, 2.75) is 17.7 Å². The van der Waals surface area contributed by atoms with E-state index in [4.69, 9.17) is 0 Å². The lowest BCUT2D eigenvalue weighted by Crippen LogP contribution is -2.55. The maximum absolute atomic E-state index is 14.3. The van der Waals surface area contributed by atoms with Crippen LogP contribution in [0.5, 0.6) is 0 Å². The molecule has 1 unspecified atom stereocenters. The molecule has 2 aromatic carbocycles. The molecule has 25 heavy (non-hydrogen) atoms. The lowest BCUT2D eigenvalue weighted by Gasteiger charge is -2.38. The third-order valence-electron chi connectivity index (χ3n) is 3.85. The molecule has 0 fully saturated rings. The monoisotopic (exact) mass is 363 g/mol. The molecule has 2 rings (SSSR count). The molecule has 2 aromatic rings. The molecule has 0 saturated carbocycles. The van der Waals surface area contributed by atoms with Crippen LogP contribution in [-0.2, 0) is 5.60 Å². The zero-order valence-electron chi connectivity index (χ0n) is 13.3. The topological polar surface area (TPSA) is 23.5 Å². The van der Waals surface area contributed by atoms with Gasteiger partial charge in [-0.1, -0.05) is 24.3 Å². The first-order chi connectivity index (χ1) is 11.4. The fourth-order valence-corrected chi connectivity index (χ4v) is 2.43. The maximum Gasteiger partial charge on any atom is 0.457 e. The number of halogens is 6. The summed E-state index contributed by atoms with van der Waals surface area (Å²) in [7, 11) is 3.13. The first-order valence-electron chi connectivity index (χ1n) is 7.12. The van der Waals surface area contributed by atoms with E-state index >= 15 is 0 Å². The number of hydrogen-bond acceptors (Lipinski definition) is 2. The average Bonchev–Trinajstić information content (AvgIpc) is 2.53. The van der Waals surface area contributed by atoms with Gasteiger partial charge in [0.1, 0.15) is 5.82 Å². The van der Waals surface area contributed by atoms with Gasteiger partial charge in [-0.15, -0.1) is 0 Å². The number of benzene rings is 2. The zero-order valence-corrected chi connectivity index (χ0v) is 13.3. The summed E-state index contributed by atoms with van der Waals surface area (Å²) < 4.78 is 80.8. The van der Waals surface area contributed by atoms with Crippen molar-refractivity contribution in [2.24, 2.45) is 0 Å². The van der Waals surface area contributed by atoms with Crippen molar-refractivity contribution in [3.05, 3.63) is 65.5 Å². The molecule has 0 bridgehead atoms. The Hall–Kier alpha value is -2.22. The summed E-state index contributed by atoms with van der Waals surface area (Å²) in [5, 5.41) is 10.6. The summed E-state index contributed by atoms with van der Waals surface area (Å²) in [4.78, 5) is 1.49. The van der Waals surface area contributed by atoms with Crippen molar-refractivity contribution in [3.63, 3.8) is 0 Å². The minimum absolute atomic E-state index is 0.316. The van der Waals surface area contributed by atoms with E-state index in [9.17, 15) is 31.4 Å². The SMILES string of the molecule is CN(C)c1cccc(C(O)(c2ccc(F)cc2)C(F)(F)C(F)(F)F)c1. The van der Waals surface area contributed by atoms with Crippen molar-refractivity contribution in [1.29, 1.82) is 0 Å². The number of alkyl halides is 5. The van der Waals surface area contributed by atoms with Gasteiger partial charge in [-0.2, -0.15) is 22.0 Å². The van der Waals surface area contributed by atoms with Gasteiger partial charge in [0.2, 0.25) is 0 Å². The zero-order chi connectivity index (χ0) is 19.0. The minimum Gasteiger partial charge on any atom is -0.378 e.